The zero-order valence-corrected chi connectivity index (χ0v) is 18.1. The number of hydrogen-bond acceptors (Lipinski definition) is 5. The topological polar surface area (TPSA) is 114 Å². The number of methoxy groups -OCH3 is 1. The third kappa shape index (κ3) is 6.19. The maximum Gasteiger partial charge on any atom is 0.212 e. The Morgan fingerprint density at radius 2 is 2.13 bits per heavy atom. The summed E-state index contributed by atoms with van der Waals surface area (Å²) in [4.78, 5) is 19.9. The highest BCUT2D eigenvalue weighted by Gasteiger charge is 2.29. The number of pyridine rings is 1. The molecule has 1 aliphatic rings. The van der Waals surface area contributed by atoms with Gasteiger partial charge in [0.2, 0.25) is 5.90 Å². The van der Waals surface area contributed by atoms with E-state index in [1.165, 1.54) is 25.4 Å². The van der Waals surface area contributed by atoms with Gasteiger partial charge in [0.15, 0.2) is 17.5 Å². The second-order valence-corrected chi connectivity index (χ2v) is 5.92. The minimum atomic E-state index is -0.577. The van der Waals surface area contributed by atoms with Crippen LogP contribution in [0.3, 0.4) is 0 Å². The lowest BCUT2D eigenvalue weighted by Crippen LogP contribution is -2.18. The van der Waals surface area contributed by atoms with Crippen molar-refractivity contribution in [2.75, 3.05) is 13.7 Å². The number of allylic oxidation sites excluding steroid dienone is 1. The van der Waals surface area contributed by atoms with E-state index in [0.29, 0.717) is 18.0 Å². The number of ether oxygens (including phenoxy) is 2. The number of aromatic nitrogens is 2. The summed E-state index contributed by atoms with van der Waals surface area (Å²) in [5.41, 5.74) is 8.07. The Hall–Kier alpha value is -3.59. The van der Waals surface area contributed by atoms with Crippen molar-refractivity contribution in [3.8, 4) is 0 Å². The zero-order chi connectivity index (χ0) is 22.8. The molecule has 3 heterocycles. The van der Waals surface area contributed by atoms with E-state index in [1.807, 2.05) is 19.9 Å². The van der Waals surface area contributed by atoms with Crippen LogP contribution in [-0.2, 0) is 9.47 Å². The number of epoxide rings is 1. The Labute approximate surface area is 181 Å². The monoisotopic (exact) mass is 426 g/mol. The number of rotatable bonds is 6. The highest BCUT2D eigenvalue weighted by Crippen LogP contribution is 2.33. The minimum absolute atomic E-state index is 0.0553. The zero-order valence-electron chi connectivity index (χ0n) is 18.1. The predicted octanol–water partition coefficient (Wildman–Crippen LogP) is 4.22. The van der Waals surface area contributed by atoms with Crippen molar-refractivity contribution < 1.29 is 13.9 Å². The molecule has 0 aromatic carbocycles. The van der Waals surface area contributed by atoms with Gasteiger partial charge in [-0.15, -0.1) is 0 Å². The Kier molecular flexibility index (Phi) is 8.83. The fourth-order valence-corrected chi connectivity index (χ4v) is 2.51. The maximum atomic E-state index is 14.1. The van der Waals surface area contributed by atoms with E-state index in [4.69, 9.17) is 15.2 Å². The molecule has 9 heteroatoms. The molecule has 1 atom stereocenters. The van der Waals surface area contributed by atoms with Crippen LogP contribution in [0.5, 0.6) is 0 Å². The number of H-pyrrole nitrogens is 1. The number of amidine groups is 2. The van der Waals surface area contributed by atoms with Crippen LogP contribution >= 0.6 is 0 Å². The van der Waals surface area contributed by atoms with Gasteiger partial charge < -0.3 is 20.2 Å². The number of hydrogen-bond donors (Lipinski definition) is 2. The molecule has 0 spiro atoms. The third-order valence-corrected chi connectivity index (χ3v) is 4.04. The van der Waals surface area contributed by atoms with E-state index in [1.54, 1.807) is 19.2 Å². The largest absolute Gasteiger partial charge is 0.481 e. The van der Waals surface area contributed by atoms with Crippen molar-refractivity contribution in [1.82, 2.24) is 9.97 Å². The maximum absolute atomic E-state index is 14.1. The molecule has 1 unspecified atom stereocenters. The summed E-state index contributed by atoms with van der Waals surface area (Å²) in [5, 5.41) is 0. The lowest BCUT2D eigenvalue weighted by molar-refractivity contribution is 0.407. The number of aromatic amines is 1. The van der Waals surface area contributed by atoms with Crippen molar-refractivity contribution >= 4 is 23.3 Å². The molecule has 1 aliphatic heterocycles. The van der Waals surface area contributed by atoms with Crippen molar-refractivity contribution in [2.45, 2.75) is 26.9 Å². The first kappa shape index (κ1) is 23.7. The Bertz CT molecular complexity index is 1020. The van der Waals surface area contributed by atoms with Crippen LogP contribution in [-0.4, -0.2) is 41.3 Å². The molecule has 164 valence electrons. The van der Waals surface area contributed by atoms with Crippen LogP contribution in [0, 0.1) is 5.82 Å². The second-order valence-electron chi connectivity index (χ2n) is 5.92. The van der Waals surface area contributed by atoms with E-state index in [0.717, 1.165) is 11.8 Å². The van der Waals surface area contributed by atoms with E-state index < -0.39 is 5.82 Å². The number of aliphatic imine (C=N–C) groups is 3. The number of nitrogens with one attached hydrogen (secondary N) is 1. The molecule has 0 aliphatic carbocycles. The highest BCUT2D eigenvalue weighted by molar-refractivity contribution is 6.12. The van der Waals surface area contributed by atoms with Gasteiger partial charge in [0.25, 0.3) is 0 Å². The molecule has 3 rings (SSSR count). The van der Waals surface area contributed by atoms with Gasteiger partial charge >= 0.3 is 0 Å². The van der Waals surface area contributed by atoms with Gasteiger partial charge in [-0.05, 0) is 25.1 Å². The first-order valence-electron chi connectivity index (χ1n) is 9.80. The van der Waals surface area contributed by atoms with Crippen LogP contribution in [0.1, 0.15) is 38.1 Å². The van der Waals surface area contributed by atoms with Gasteiger partial charge in [0.05, 0.1) is 25.6 Å². The first-order chi connectivity index (χ1) is 15.1. The summed E-state index contributed by atoms with van der Waals surface area (Å²) in [6.07, 6.45) is 7.34. The summed E-state index contributed by atoms with van der Waals surface area (Å²) >= 11 is 0. The Balaban J connectivity index is 0.00000166. The summed E-state index contributed by atoms with van der Waals surface area (Å²) in [7, 11) is 1.47. The van der Waals surface area contributed by atoms with Gasteiger partial charge in [0.1, 0.15) is 17.5 Å². The van der Waals surface area contributed by atoms with E-state index >= 15 is 0 Å². The quantitative estimate of drug-likeness (QED) is 0.409. The highest BCUT2D eigenvalue weighted by atomic mass is 19.1. The molecule has 2 aromatic heterocycles. The van der Waals surface area contributed by atoms with Gasteiger partial charge in [0, 0.05) is 18.0 Å². The minimum Gasteiger partial charge on any atom is -0.481 e. The van der Waals surface area contributed by atoms with Gasteiger partial charge in [-0.2, -0.15) is 0 Å². The van der Waals surface area contributed by atoms with Crippen molar-refractivity contribution in [2.24, 2.45) is 20.7 Å². The molecule has 1 fully saturated rings. The Morgan fingerprint density at radius 1 is 1.39 bits per heavy atom. The average molecular weight is 426 g/mol. The second kappa shape index (κ2) is 11.6. The molecular formula is C22H27FN6O2. The summed E-state index contributed by atoms with van der Waals surface area (Å²) in [6, 6.07) is 3.32. The molecule has 0 amide bonds. The molecule has 2 aromatic rings. The standard InChI is InChI=1S/C20H21FN6O2.C2H6/c1-4-14(25-17(5-2)28-3)19(22)27-20(26-15-7-8-23-10-13(15)21)18-12(6-9-24-18)16-11-29-16;1-2/h4-10,16,24H,2,11H2,1,3H3,(H2,22,23,26,27);1-2H3/b14-4-,25-17?;. The average Bonchev–Trinajstić information content (AvgIpc) is 3.53. The Morgan fingerprint density at radius 3 is 2.71 bits per heavy atom. The molecule has 31 heavy (non-hydrogen) atoms. The smallest absolute Gasteiger partial charge is 0.212 e. The van der Waals surface area contributed by atoms with Crippen molar-refractivity contribution in [1.29, 1.82) is 0 Å². The summed E-state index contributed by atoms with van der Waals surface area (Å²) in [5.74, 6) is -0.0291. The van der Waals surface area contributed by atoms with E-state index in [2.05, 4.69) is 31.5 Å². The van der Waals surface area contributed by atoms with Crippen molar-refractivity contribution in [3.05, 3.63) is 72.2 Å². The van der Waals surface area contributed by atoms with Crippen LogP contribution in [0.4, 0.5) is 10.1 Å². The predicted molar refractivity (Wildman–Crippen MR) is 121 cm³/mol. The molecular weight excluding hydrogens is 399 g/mol. The molecule has 0 saturated carbocycles. The fraction of sp³-hybridized carbons (Fsp3) is 0.273. The number of halogens is 1. The number of nitrogens with zero attached hydrogens (tertiary/aromatic N) is 4. The lowest BCUT2D eigenvalue weighted by atomic mass is 10.1. The van der Waals surface area contributed by atoms with Crippen molar-refractivity contribution in [3.63, 3.8) is 0 Å². The number of nitrogens with two attached hydrogens (primary N) is 1. The van der Waals surface area contributed by atoms with Crippen LogP contribution < -0.4 is 5.73 Å². The lowest BCUT2D eigenvalue weighted by Gasteiger charge is -2.07. The van der Waals surface area contributed by atoms with E-state index in [-0.39, 0.29) is 29.4 Å². The van der Waals surface area contributed by atoms with Gasteiger partial charge in [-0.3, -0.25) is 4.98 Å². The normalized spacial score (nSPS) is 17.0. The van der Waals surface area contributed by atoms with E-state index in [9.17, 15) is 4.39 Å². The first-order valence-corrected chi connectivity index (χ1v) is 9.80. The molecule has 3 N–H and O–H groups in total. The molecule has 8 nitrogen and oxygen atoms in total. The molecule has 0 radical (unpaired) electrons. The fourth-order valence-electron chi connectivity index (χ4n) is 2.51. The summed E-state index contributed by atoms with van der Waals surface area (Å²) in [6.45, 7) is 9.99. The summed E-state index contributed by atoms with van der Waals surface area (Å²) < 4.78 is 24.6. The SMILES string of the molecule is C=CC(=N/C(=C\C)C(N)=NC(=Nc1ccncc1F)c1[nH]ccc1C1CO1)OC.CC. The molecule has 1 saturated heterocycles. The van der Waals surface area contributed by atoms with Crippen LogP contribution in [0.2, 0.25) is 0 Å². The van der Waals surface area contributed by atoms with Gasteiger partial charge in [-0.25, -0.2) is 19.4 Å². The van der Waals surface area contributed by atoms with Gasteiger partial charge in [-0.1, -0.05) is 26.5 Å². The third-order valence-electron chi connectivity index (χ3n) is 4.04. The molecule has 0 bridgehead atoms. The van der Waals surface area contributed by atoms with Crippen LogP contribution in [0.15, 0.2) is 70.1 Å². The van der Waals surface area contributed by atoms with Crippen LogP contribution in [0.25, 0.3) is 0 Å².